The Kier molecular flexibility index (Phi) is 2.50. The van der Waals surface area contributed by atoms with Crippen molar-refractivity contribution in [3.05, 3.63) is 30.0 Å². The van der Waals surface area contributed by atoms with Crippen molar-refractivity contribution in [1.82, 2.24) is 10.2 Å². The third-order valence-electron chi connectivity index (χ3n) is 2.39. The molecular formula is C11H15N3. The molecule has 1 aromatic carbocycles. The van der Waals surface area contributed by atoms with Crippen molar-refractivity contribution in [2.45, 2.75) is 25.8 Å². The van der Waals surface area contributed by atoms with E-state index in [9.17, 15) is 0 Å². The molecule has 0 radical (unpaired) electrons. The summed E-state index contributed by atoms with van der Waals surface area (Å²) in [7, 11) is 0. The second-order valence-corrected chi connectivity index (χ2v) is 3.74. The zero-order chi connectivity index (χ0) is 9.97. The van der Waals surface area contributed by atoms with Crippen molar-refractivity contribution in [1.29, 1.82) is 0 Å². The number of nitrogens with zero attached hydrogens (tertiary/aromatic N) is 1. The van der Waals surface area contributed by atoms with Gasteiger partial charge in [-0.15, -0.1) is 0 Å². The van der Waals surface area contributed by atoms with Crippen LogP contribution in [-0.4, -0.2) is 16.2 Å². The minimum absolute atomic E-state index is 0.247. The van der Waals surface area contributed by atoms with E-state index in [2.05, 4.69) is 16.3 Å². The standard InChI is InChI=1S/C11H15N3/c1-8(12)6-7-11-9-4-2-3-5-10(9)13-14-11/h2-5,8H,6-7,12H2,1H3,(H,13,14). The Labute approximate surface area is 83.3 Å². The zero-order valence-electron chi connectivity index (χ0n) is 8.33. The molecule has 0 saturated carbocycles. The summed E-state index contributed by atoms with van der Waals surface area (Å²) < 4.78 is 0. The fourth-order valence-electron chi connectivity index (χ4n) is 1.58. The molecule has 0 aliphatic carbocycles. The summed E-state index contributed by atoms with van der Waals surface area (Å²) in [5, 5.41) is 8.51. The zero-order valence-corrected chi connectivity index (χ0v) is 8.33. The number of nitrogens with two attached hydrogens (primary N) is 1. The van der Waals surface area contributed by atoms with E-state index in [0.717, 1.165) is 18.4 Å². The van der Waals surface area contributed by atoms with Crippen LogP contribution in [0.4, 0.5) is 0 Å². The summed E-state index contributed by atoms with van der Waals surface area (Å²) >= 11 is 0. The van der Waals surface area contributed by atoms with Crippen molar-refractivity contribution in [3.63, 3.8) is 0 Å². The van der Waals surface area contributed by atoms with Crippen LogP contribution in [-0.2, 0) is 6.42 Å². The van der Waals surface area contributed by atoms with Crippen LogP contribution in [0, 0.1) is 0 Å². The smallest absolute Gasteiger partial charge is 0.0923 e. The van der Waals surface area contributed by atoms with Gasteiger partial charge in [0.25, 0.3) is 0 Å². The predicted molar refractivity (Wildman–Crippen MR) is 58.1 cm³/mol. The van der Waals surface area contributed by atoms with E-state index in [1.165, 1.54) is 11.1 Å². The molecule has 3 nitrogen and oxygen atoms in total. The van der Waals surface area contributed by atoms with Crippen LogP contribution in [0.3, 0.4) is 0 Å². The van der Waals surface area contributed by atoms with Crippen LogP contribution in [0.25, 0.3) is 10.9 Å². The average Bonchev–Trinajstić information content (AvgIpc) is 2.58. The lowest BCUT2D eigenvalue weighted by molar-refractivity contribution is 0.659. The van der Waals surface area contributed by atoms with Gasteiger partial charge in [0.2, 0.25) is 0 Å². The van der Waals surface area contributed by atoms with Crippen LogP contribution in [0.1, 0.15) is 19.0 Å². The number of hydrogen-bond acceptors (Lipinski definition) is 2. The molecule has 74 valence electrons. The van der Waals surface area contributed by atoms with E-state index in [1.807, 2.05) is 25.1 Å². The molecule has 0 amide bonds. The van der Waals surface area contributed by atoms with E-state index in [4.69, 9.17) is 5.73 Å². The largest absolute Gasteiger partial charge is 0.328 e. The molecule has 3 heteroatoms. The number of hydrogen-bond donors (Lipinski definition) is 2. The van der Waals surface area contributed by atoms with E-state index in [1.54, 1.807) is 0 Å². The van der Waals surface area contributed by atoms with Crippen molar-refractivity contribution in [2.75, 3.05) is 0 Å². The van der Waals surface area contributed by atoms with Gasteiger partial charge in [0.1, 0.15) is 0 Å². The van der Waals surface area contributed by atoms with Gasteiger partial charge in [0.05, 0.1) is 5.52 Å². The van der Waals surface area contributed by atoms with Crippen LogP contribution < -0.4 is 5.73 Å². The van der Waals surface area contributed by atoms with Gasteiger partial charge in [-0.25, -0.2) is 0 Å². The maximum atomic E-state index is 5.72. The van der Waals surface area contributed by atoms with Crippen LogP contribution in [0.15, 0.2) is 24.3 Å². The normalized spacial score (nSPS) is 13.3. The Morgan fingerprint density at radius 3 is 3.00 bits per heavy atom. The van der Waals surface area contributed by atoms with Crippen molar-refractivity contribution in [3.8, 4) is 0 Å². The third kappa shape index (κ3) is 1.77. The number of fused-ring (bicyclic) bond motifs is 1. The van der Waals surface area contributed by atoms with Gasteiger partial charge in [-0.3, -0.25) is 5.10 Å². The number of rotatable bonds is 3. The topological polar surface area (TPSA) is 54.7 Å². The van der Waals surface area contributed by atoms with E-state index >= 15 is 0 Å². The SMILES string of the molecule is CC(N)CCc1[nH]nc2ccccc12. The van der Waals surface area contributed by atoms with E-state index in [-0.39, 0.29) is 6.04 Å². The second-order valence-electron chi connectivity index (χ2n) is 3.74. The molecule has 1 atom stereocenters. The summed E-state index contributed by atoms with van der Waals surface area (Å²) in [5.74, 6) is 0. The first-order chi connectivity index (χ1) is 6.77. The summed E-state index contributed by atoms with van der Waals surface area (Å²) in [6.07, 6.45) is 1.96. The minimum Gasteiger partial charge on any atom is -0.328 e. The first-order valence-corrected chi connectivity index (χ1v) is 4.95. The molecule has 0 bridgehead atoms. The molecule has 2 aromatic rings. The van der Waals surface area contributed by atoms with Gasteiger partial charge in [-0.05, 0) is 25.8 Å². The molecule has 1 heterocycles. The highest BCUT2D eigenvalue weighted by Gasteiger charge is 2.04. The molecule has 1 aromatic heterocycles. The van der Waals surface area contributed by atoms with Crippen LogP contribution >= 0.6 is 0 Å². The molecule has 0 aliphatic rings. The molecule has 14 heavy (non-hydrogen) atoms. The molecule has 3 N–H and O–H groups in total. The molecule has 0 saturated heterocycles. The number of para-hydroxylation sites is 1. The number of nitrogens with one attached hydrogen (secondary N) is 1. The first-order valence-electron chi connectivity index (χ1n) is 4.95. The van der Waals surface area contributed by atoms with Gasteiger partial charge in [0, 0.05) is 17.1 Å². The van der Waals surface area contributed by atoms with Gasteiger partial charge >= 0.3 is 0 Å². The molecule has 0 aliphatic heterocycles. The van der Waals surface area contributed by atoms with Crippen molar-refractivity contribution < 1.29 is 0 Å². The first kappa shape index (κ1) is 9.21. The number of aromatic nitrogens is 2. The maximum Gasteiger partial charge on any atom is 0.0923 e. The van der Waals surface area contributed by atoms with Crippen molar-refractivity contribution in [2.24, 2.45) is 5.73 Å². The molecule has 1 unspecified atom stereocenters. The highest BCUT2D eigenvalue weighted by molar-refractivity contribution is 5.81. The number of aromatic amines is 1. The monoisotopic (exact) mass is 189 g/mol. The van der Waals surface area contributed by atoms with Gasteiger partial charge in [-0.1, -0.05) is 18.2 Å². The van der Waals surface area contributed by atoms with Crippen LogP contribution in [0.5, 0.6) is 0 Å². The lowest BCUT2D eigenvalue weighted by Gasteiger charge is -2.02. The van der Waals surface area contributed by atoms with Gasteiger partial charge < -0.3 is 5.73 Å². The quantitative estimate of drug-likeness (QED) is 0.774. The van der Waals surface area contributed by atoms with Gasteiger partial charge in [-0.2, -0.15) is 5.10 Å². The molecule has 0 fully saturated rings. The fourth-order valence-corrected chi connectivity index (χ4v) is 1.58. The molecular weight excluding hydrogens is 174 g/mol. The summed E-state index contributed by atoms with van der Waals surface area (Å²) in [4.78, 5) is 0. The number of H-pyrrole nitrogens is 1. The minimum atomic E-state index is 0.247. The Balaban J connectivity index is 2.25. The van der Waals surface area contributed by atoms with E-state index < -0.39 is 0 Å². The summed E-state index contributed by atoms with van der Waals surface area (Å²) in [6, 6.07) is 8.39. The van der Waals surface area contributed by atoms with E-state index in [0.29, 0.717) is 0 Å². The lowest BCUT2D eigenvalue weighted by atomic mass is 10.1. The maximum absolute atomic E-state index is 5.72. The Morgan fingerprint density at radius 1 is 1.43 bits per heavy atom. The molecule has 0 spiro atoms. The number of aryl methyl sites for hydroxylation is 1. The predicted octanol–water partition coefficient (Wildman–Crippen LogP) is 1.84. The Morgan fingerprint density at radius 2 is 2.21 bits per heavy atom. The lowest BCUT2D eigenvalue weighted by Crippen LogP contribution is -2.15. The highest BCUT2D eigenvalue weighted by atomic mass is 15.1. The van der Waals surface area contributed by atoms with Gasteiger partial charge in [0.15, 0.2) is 0 Å². The second kappa shape index (κ2) is 3.80. The Hall–Kier alpha value is -1.35. The Bertz CT molecular complexity index is 417. The fraction of sp³-hybridized carbons (Fsp3) is 0.364. The summed E-state index contributed by atoms with van der Waals surface area (Å²) in [6.45, 7) is 2.03. The third-order valence-corrected chi connectivity index (χ3v) is 2.39. The average molecular weight is 189 g/mol. The molecule has 2 rings (SSSR count). The highest BCUT2D eigenvalue weighted by Crippen LogP contribution is 2.16. The van der Waals surface area contributed by atoms with Crippen molar-refractivity contribution >= 4 is 10.9 Å². The summed E-state index contributed by atoms with van der Waals surface area (Å²) in [5.41, 5.74) is 7.95. The number of benzene rings is 1. The van der Waals surface area contributed by atoms with Crippen LogP contribution in [0.2, 0.25) is 0 Å².